The number of rotatable bonds is 4. The van der Waals surface area contributed by atoms with E-state index in [1.807, 2.05) is 24.8 Å². The van der Waals surface area contributed by atoms with Gasteiger partial charge in [0.15, 0.2) is 0 Å². The SMILES string of the molecule is Cc1nc2c(s1)CC(n1c(C3CCCC(=O)N3c3ccnc(Cl)c3)nc3cc(-c4c(C)noc4C)ccc31)CC2. The summed E-state index contributed by atoms with van der Waals surface area (Å²) in [4.78, 5) is 30.9. The van der Waals surface area contributed by atoms with Crippen LogP contribution in [0.15, 0.2) is 41.1 Å². The molecule has 1 amide bonds. The number of aryl methyl sites for hydroxylation is 4. The van der Waals surface area contributed by atoms with Crippen LogP contribution in [0, 0.1) is 20.8 Å². The molecule has 0 spiro atoms. The van der Waals surface area contributed by atoms with E-state index in [9.17, 15) is 4.79 Å². The van der Waals surface area contributed by atoms with Crippen molar-refractivity contribution in [2.45, 2.75) is 71.4 Å². The van der Waals surface area contributed by atoms with Gasteiger partial charge in [-0.15, -0.1) is 11.3 Å². The minimum Gasteiger partial charge on any atom is -0.361 e. The number of pyridine rings is 1. The fraction of sp³-hybridized carbons (Fsp3) is 0.367. The van der Waals surface area contributed by atoms with Crippen molar-refractivity contribution in [3.63, 3.8) is 0 Å². The van der Waals surface area contributed by atoms with Crippen LogP contribution in [0.4, 0.5) is 5.69 Å². The largest absolute Gasteiger partial charge is 0.361 e. The molecule has 1 fully saturated rings. The van der Waals surface area contributed by atoms with Gasteiger partial charge in [-0.05, 0) is 76.3 Å². The van der Waals surface area contributed by atoms with Gasteiger partial charge in [0.05, 0.1) is 33.5 Å². The number of thiazole rings is 1. The standard InChI is InChI=1S/C30H29ClN6O2S/c1-16-29(17(2)39-35-16)19-7-10-24-23(13-19)34-30(37(24)20-8-9-22-26(14-20)40-18(3)33-22)25-5-4-6-28(38)36(25)21-11-12-32-27(31)15-21/h7,10-13,15,20,25H,4-6,8-9,14H2,1-3H3. The zero-order valence-electron chi connectivity index (χ0n) is 22.6. The molecule has 8 nitrogen and oxygen atoms in total. The van der Waals surface area contributed by atoms with Crippen LogP contribution >= 0.6 is 22.9 Å². The quantitative estimate of drug-likeness (QED) is 0.213. The molecule has 5 aromatic rings. The molecule has 40 heavy (non-hydrogen) atoms. The number of anilines is 1. The van der Waals surface area contributed by atoms with Crippen LogP contribution in [-0.4, -0.2) is 30.6 Å². The highest BCUT2D eigenvalue weighted by Crippen LogP contribution is 2.42. The molecule has 10 heteroatoms. The molecule has 0 bridgehead atoms. The van der Waals surface area contributed by atoms with Crippen molar-refractivity contribution in [1.29, 1.82) is 0 Å². The van der Waals surface area contributed by atoms with Gasteiger partial charge in [0, 0.05) is 41.2 Å². The van der Waals surface area contributed by atoms with Gasteiger partial charge >= 0.3 is 0 Å². The fourth-order valence-electron chi connectivity index (χ4n) is 6.47. The molecule has 0 N–H and O–H groups in total. The number of benzene rings is 1. The summed E-state index contributed by atoms with van der Waals surface area (Å²) in [6.45, 7) is 5.98. The summed E-state index contributed by atoms with van der Waals surface area (Å²) in [5, 5.41) is 5.64. The van der Waals surface area contributed by atoms with E-state index in [1.165, 1.54) is 10.6 Å². The molecule has 2 aliphatic rings. The highest BCUT2D eigenvalue weighted by Gasteiger charge is 2.36. The Labute approximate surface area is 241 Å². The number of amides is 1. The predicted molar refractivity (Wildman–Crippen MR) is 156 cm³/mol. The summed E-state index contributed by atoms with van der Waals surface area (Å²) in [6, 6.07) is 10.1. The predicted octanol–water partition coefficient (Wildman–Crippen LogP) is 7.11. The second kappa shape index (κ2) is 9.82. The van der Waals surface area contributed by atoms with Crippen molar-refractivity contribution in [2.75, 3.05) is 4.90 Å². The Kier molecular flexibility index (Phi) is 6.24. The molecule has 0 saturated carbocycles. The lowest BCUT2D eigenvalue weighted by Gasteiger charge is -2.37. The minimum atomic E-state index is -0.209. The number of fused-ring (bicyclic) bond motifs is 2. The maximum atomic E-state index is 13.4. The third-order valence-electron chi connectivity index (χ3n) is 8.16. The first kappa shape index (κ1) is 25.4. The van der Waals surface area contributed by atoms with E-state index in [2.05, 4.69) is 39.8 Å². The van der Waals surface area contributed by atoms with Crippen molar-refractivity contribution in [1.82, 2.24) is 24.7 Å². The summed E-state index contributed by atoms with van der Waals surface area (Å²) in [5.74, 6) is 1.79. The highest BCUT2D eigenvalue weighted by atomic mass is 35.5. The van der Waals surface area contributed by atoms with Crippen LogP contribution in [0.5, 0.6) is 0 Å². The van der Waals surface area contributed by atoms with Crippen LogP contribution in [-0.2, 0) is 17.6 Å². The second-order valence-corrected chi connectivity index (χ2v) is 12.4. The smallest absolute Gasteiger partial charge is 0.227 e. The van der Waals surface area contributed by atoms with Gasteiger partial charge in [-0.3, -0.25) is 4.79 Å². The van der Waals surface area contributed by atoms with Crippen molar-refractivity contribution in [2.24, 2.45) is 0 Å². The molecule has 1 saturated heterocycles. The van der Waals surface area contributed by atoms with Gasteiger partial charge in [0.2, 0.25) is 5.91 Å². The van der Waals surface area contributed by atoms with Gasteiger partial charge in [0.1, 0.15) is 16.7 Å². The van der Waals surface area contributed by atoms with Gasteiger partial charge in [0.25, 0.3) is 0 Å². The summed E-state index contributed by atoms with van der Waals surface area (Å²) in [7, 11) is 0. The highest BCUT2D eigenvalue weighted by molar-refractivity contribution is 7.11. The van der Waals surface area contributed by atoms with E-state index in [4.69, 9.17) is 26.1 Å². The topological polar surface area (TPSA) is 89.9 Å². The van der Waals surface area contributed by atoms with Crippen molar-refractivity contribution < 1.29 is 9.32 Å². The molecular formula is C30H29ClN6O2S. The Morgan fingerprint density at radius 3 is 2.75 bits per heavy atom. The normalized spacial score (nSPS) is 19.4. The maximum Gasteiger partial charge on any atom is 0.227 e. The summed E-state index contributed by atoms with van der Waals surface area (Å²) >= 11 is 8.07. The summed E-state index contributed by atoms with van der Waals surface area (Å²) in [5.41, 5.74) is 6.86. The first-order valence-electron chi connectivity index (χ1n) is 13.7. The van der Waals surface area contributed by atoms with Crippen LogP contribution < -0.4 is 4.90 Å². The van der Waals surface area contributed by atoms with Crippen molar-refractivity contribution in [3.05, 3.63) is 74.5 Å². The van der Waals surface area contributed by atoms with E-state index < -0.39 is 0 Å². The zero-order valence-corrected chi connectivity index (χ0v) is 24.2. The van der Waals surface area contributed by atoms with Crippen LogP contribution in [0.2, 0.25) is 5.15 Å². The minimum absolute atomic E-state index is 0.0811. The van der Waals surface area contributed by atoms with Crippen LogP contribution in [0.3, 0.4) is 0 Å². The molecule has 2 atom stereocenters. The fourth-order valence-corrected chi connectivity index (χ4v) is 7.70. The number of carbonyl (C=O) groups is 1. The number of aromatic nitrogens is 5. The average Bonchev–Trinajstić information content (AvgIpc) is 3.60. The third kappa shape index (κ3) is 4.23. The Hall–Kier alpha value is -3.56. The first-order valence-corrected chi connectivity index (χ1v) is 14.9. The summed E-state index contributed by atoms with van der Waals surface area (Å²) in [6.07, 6.45) is 6.62. The molecular weight excluding hydrogens is 544 g/mol. The lowest BCUT2D eigenvalue weighted by Crippen LogP contribution is -2.40. The van der Waals surface area contributed by atoms with Crippen LogP contribution in [0.25, 0.3) is 22.2 Å². The number of carbonyl (C=O) groups excluding carboxylic acids is 1. The van der Waals surface area contributed by atoms with E-state index in [1.54, 1.807) is 23.6 Å². The number of halogens is 1. The number of imidazole rings is 1. The van der Waals surface area contributed by atoms with Gasteiger partial charge in [-0.1, -0.05) is 22.8 Å². The van der Waals surface area contributed by atoms with E-state index in [0.29, 0.717) is 11.6 Å². The molecule has 1 aromatic carbocycles. The number of hydrogen-bond donors (Lipinski definition) is 0. The monoisotopic (exact) mass is 572 g/mol. The molecule has 2 unspecified atom stereocenters. The van der Waals surface area contributed by atoms with Gasteiger partial charge < -0.3 is 14.0 Å². The summed E-state index contributed by atoms with van der Waals surface area (Å²) < 4.78 is 7.87. The third-order valence-corrected chi connectivity index (χ3v) is 9.40. The Balaban J connectivity index is 1.40. The Morgan fingerprint density at radius 1 is 1.07 bits per heavy atom. The molecule has 7 rings (SSSR count). The second-order valence-electron chi connectivity index (χ2n) is 10.8. The first-order chi connectivity index (χ1) is 19.4. The molecule has 5 heterocycles. The number of nitrogens with zero attached hydrogens (tertiary/aromatic N) is 6. The molecule has 1 aliphatic heterocycles. The van der Waals surface area contributed by atoms with Gasteiger partial charge in [-0.25, -0.2) is 15.0 Å². The van der Waals surface area contributed by atoms with Crippen molar-refractivity contribution in [3.8, 4) is 11.1 Å². The van der Waals surface area contributed by atoms with E-state index >= 15 is 0 Å². The zero-order chi connectivity index (χ0) is 27.5. The van der Waals surface area contributed by atoms with Crippen LogP contribution in [0.1, 0.15) is 70.6 Å². The molecule has 204 valence electrons. The lowest BCUT2D eigenvalue weighted by atomic mass is 9.95. The number of hydrogen-bond acceptors (Lipinski definition) is 7. The van der Waals surface area contributed by atoms with Gasteiger partial charge in [-0.2, -0.15) is 0 Å². The van der Waals surface area contributed by atoms with E-state index in [-0.39, 0.29) is 18.0 Å². The molecule has 0 radical (unpaired) electrons. The number of piperidine rings is 1. The average molecular weight is 573 g/mol. The van der Waals surface area contributed by atoms with E-state index in [0.717, 1.165) is 82.2 Å². The lowest BCUT2D eigenvalue weighted by molar-refractivity contribution is -0.120. The molecule has 1 aliphatic carbocycles. The maximum absolute atomic E-state index is 13.4. The molecule has 4 aromatic heterocycles. The Morgan fingerprint density at radius 2 is 1.95 bits per heavy atom. The van der Waals surface area contributed by atoms with Crippen molar-refractivity contribution >= 4 is 45.6 Å². The Bertz CT molecular complexity index is 1750.